The summed E-state index contributed by atoms with van der Waals surface area (Å²) in [5, 5.41) is 2.67. The molecule has 2 aromatic rings. The Kier molecular flexibility index (Phi) is 4.47. The van der Waals surface area contributed by atoms with Crippen molar-refractivity contribution in [3.05, 3.63) is 59.3 Å². The molecule has 0 bridgehead atoms. The van der Waals surface area contributed by atoms with Crippen molar-refractivity contribution in [2.45, 2.75) is 19.4 Å². The lowest BCUT2D eigenvalue weighted by Gasteiger charge is -2.14. The van der Waals surface area contributed by atoms with Crippen molar-refractivity contribution < 1.29 is 13.6 Å². The first-order valence-electron chi connectivity index (χ1n) is 6.42. The van der Waals surface area contributed by atoms with Crippen LogP contribution in [-0.4, -0.2) is 16.9 Å². The van der Waals surface area contributed by atoms with Crippen LogP contribution in [0.5, 0.6) is 0 Å². The van der Waals surface area contributed by atoms with E-state index >= 15 is 0 Å². The number of pyridine rings is 1. The van der Waals surface area contributed by atoms with Crippen molar-refractivity contribution >= 4 is 11.7 Å². The predicted octanol–water partition coefficient (Wildman–Crippen LogP) is 2.30. The first-order chi connectivity index (χ1) is 9.97. The van der Waals surface area contributed by atoms with Gasteiger partial charge >= 0.3 is 0 Å². The van der Waals surface area contributed by atoms with Crippen molar-refractivity contribution in [2.24, 2.45) is 0 Å². The number of rotatable bonds is 4. The summed E-state index contributed by atoms with van der Waals surface area (Å²) in [6, 6.07) is 7.02. The lowest BCUT2D eigenvalue weighted by atomic mass is 10.1. The van der Waals surface area contributed by atoms with Crippen LogP contribution in [-0.2, 0) is 6.42 Å². The highest BCUT2D eigenvalue weighted by atomic mass is 19.1. The number of carbonyl (C=O) groups excluding carboxylic acids is 1. The van der Waals surface area contributed by atoms with Crippen molar-refractivity contribution in [3.8, 4) is 0 Å². The van der Waals surface area contributed by atoms with Crippen LogP contribution in [0.2, 0.25) is 0 Å². The monoisotopic (exact) mass is 291 g/mol. The second-order valence-electron chi connectivity index (χ2n) is 4.76. The first-order valence-corrected chi connectivity index (χ1v) is 6.42. The Morgan fingerprint density at radius 3 is 2.62 bits per heavy atom. The van der Waals surface area contributed by atoms with E-state index in [4.69, 9.17) is 5.73 Å². The summed E-state index contributed by atoms with van der Waals surface area (Å²) < 4.78 is 26.5. The fourth-order valence-corrected chi connectivity index (χ4v) is 1.96. The minimum absolute atomic E-state index is 0.145. The molecule has 0 aliphatic rings. The molecule has 6 heteroatoms. The van der Waals surface area contributed by atoms with Gasteiger partial charge in [-0.05, 0) is 37.1 Å². The van der Waals surface area contributed by atoms with Gasteiger partial charge in [0.15, 0.2) is 11.6 Å². The van der Waals surface area contributed by atoms with Gasteiger partial charge in [0.25, 0.3) is 5.91 Å². The van der Waals surface area contributed by atoms with E-state index < -0.39 is 11.7 Å². The third-order valence-electron chi connectivity index (χ3n) is 2.99. The Morgan fingerprint density at radius 1 is 1.29 bits per heavy atom. The molecule has 3 N–H and O–H groups in total. The number of nitrogens with zero attached hydrogens (tertiary/aromatic N) is 1. The molecule has 21 heavy (non-hydrogen) atoms. The van der Waals surface area contributed by atoms with E-state index in [9.17, 15) is 13.6 Å². The van der Waals surface area contributed by atoms with E-state index in [0.717, 1.165) is 5.56 Å². The zero-order valence-electron chi connectivity index (χ0n) is 11.4. The van der Waals surface area contributed by atoms with Crippen LogP contribution in [0.1, 0.15) is 22.8 Å². The smallest absolute Gasteiger partial charge is 0.254 e. The molecule has 0 fully saturated rings. The summed E-state index contributed by atoms with van der Waals surface area (Å²) in [5.41, 5.74) is 6.05. The van der Waals surface area contributed by atoms with Gasteiger partial charge in [-0.3, -0.25) is 4.79 Å². The number of aromatic nitrogens is 1. The predicted molar refractivity (Wildman–Crippen MR) is 75.6 cm³/mol. The molecule has 0 aliphatic carbocycles. The quantitative estimate of drug-likeness (QED) is 0.908. The van der Waals surface area contributed by atoms with Crippen LogP contribution in [0.4, 0.5) is 14.6 Å². The van der Waals surface area contributed by atoms with Crippen LogP contribution in [0.3, 0.4) is 0 Å². The molecule has 1 aromatic heterocycles. The SMILES string of the molecule is CC(Cc1ccc(F)cc1)NC(=O)c1ccnc(N)c1F. The fourth-order valence-electron chi connectivity index (χ4n) is 1.96. The van der Waals surface area contributed by atoms with Gasteiger partial charge in [0, 0.05) is 12.2 Å². The Hall–Kier alpha value is -2.50. The molecule has 1 heterocycles. The molecule has 1 atom stereocenters. The Morgan fingerprint density at radius 2 is 1.95 bits per heavy atom. The molecule has 0 saturated carbocycles. The summed E-state index contributed by atoms with van der Waals surface area (Å²) in [7, 11) is 0. The molecular weight excluding hydrogens is 276 g/mol. The standard InChI is InChI=1S/C15H15F2N3O/c1-9(8-10-2-4-11(16)5-3-10)20-15(21)12-6-7-19-14(18)13(12)17/h2-7,9H,8H2,1H3,(H2,18,19)(H,20,21). The molecule has 1 amide bonds. The van der Waals surface area contributed by atoms with Gasteiger partial charge in [0.2, 0.25) is 0 Å². The molecule has 4 nitrogen and oxygen atoms in total. The van der Waals surface area contributed by atoms with Crippen molar-refractivity contribution in [1.29, 1.82) is 0 Å². The van der Waals surface area contributed by atoms with Crippen LogP contribution in [0.15, 0.2) is 36.5 Å². The van der Waals surface area contributed by atoms with E-state index in [0.29, 0.717) is 6.42 Å². The molecule has 1 unspecified atom stereocenters. The maximum absolute atomic E-state index is 13.7. The fraction of sp³-hybridized carbons (Fsp3) is 0.200. The molecule has 0 spiro atoms. The number of nitrogens with one attached hydrogen (secondary N) is 1. The molecule has 2 rings (SSSR count). The van der Waals surface area contributed by atoms with Gasteiger partial charge in [0.1, 0.15) is 5.82 Å². The summed E-state index contributed by atoms with van der Waals surface area (Å²) >= 11 is 0. The number of carbonyl (C=O) groups is 1. The van der Waals surface area contributed by atoms with E-state index in [1.807, 2.05) is 0 Å². The van der Waals surface area contributed by atoms with E-state index in [2.05, 4.69) is 10.3 Å². The first kappa shape index (κ1) is 14.9. The topological polar surface area (TPSA) is 68.0 Å². The maximum atomic E-state index is 13.7. The number of nitrogens with two attached hydrogens (primary N) is 1. The second-order valence-corrected chi connectivity index (χ2v) is 4.76. The molecule has 0 aliphatic heterocycles. The highest BCUT2D eigenvalue weighted by Gasteiger charge is 2.16. The number of anilines is 1. The normalized spacial score (nSPS) is 12.0. The zero-order valence-corrected chi connectivity index (χ0v) is 11.4. The molecule has 110 valence electrons. The summed E-state index contributed by atoms with van der Waals surface area (Å²) in [5.74, 6) is -2.01. The number of benzene rings is 1. The Balaban J connectivity index is 2.02. The average molecular weight is 291 g/mol. The molecule has 1 aromatic carbocycles. The number of halogens is 2. The third kappa shape index (κ3) is 3.75. The van der Waals surface area contributed by atoms with Crippen molar-refractivity contribution in [1.82, 2.24) is 10.3 Å². The summed E-state index contributed by atoms with van der Waals surface area (Å²) in [6.45, 7) is 1.78. The summed E-state index contributed by atoms with van der Waals surface area (Å²) in [6.07, 6.45) is 1.78. The lowest BCUT2D eigenvalue weighted by Crippen LogP contribution is -2.34. The lowest BCUT2D eigenvalue weighted by molar-refractivity contribution is 0.0936. The van der Waals surface area contributed by atoms with Crippen molar-refractivity contribution in [3.63, 3.8) is 0 Å². The Bertz CT molecular complexity index is 644. The van der Waals surface area contributed by atoms with Gasteiger partial charge in [-0.2, -0.15) is 0 Å². The molecular formula is C15H15F2N3O. The van der Waals surface area contributed by atoms with Gasteiger partial charge in [-0.25, -0.2) is 13.8 Å². The third-order valence-corrected chi connectivity index (χ3v) is 2.99. The highest BCUT2D eigenvalue weighted by Crippen LogP contribution is 2.12. The maximum Gasteiger partial charge on any atom is 0.254 e. The summed E-state index contributed by atoms with van der Waals surface area (Å²) in [4.78, 5) is 15.5. The van der Waals surface area contributed by atoms with Crippen molar-refractivity contribution in [2.75, 3.05) is 5.73 Å². The van der Waals surface area contributed by atoms with E-state index in [1.54, 1.807) is 19.1 Å². The number of nitrogen functional groups attached to an aromatic ring is 1. The number of hydrogen-bond acceptors (Lipinski definition) is 3. The van der Waals surface area contributed by atoms with E-state index in [-0.39, 0.29) is 23.2 Å². The highest BCUT2D eigenvalue weighted by molar-refractivity contribution is 5.95. The zero-order chi connectivity index (χ0) is 15.4. The van der Waals surface area contributed by atoms with Crippen LogP contribution < -0.4 is 11.1 Å². The molecule has 0 radical (unpaired) electrons. The number of hydrogen-bond donors (Lipinski definition) is 2. The molecule has 0 saturated heterocycles. The average Bonchev–Trinajstić information content (AvgIpc) is 2.44. The van der Waals surface area contributed by atoms with Gasteiger partial charge in [0.05, 0.1) is 5.56 Å². The van der Waals surface area contributed by atoms with Gasteiger partial charge in [-0.1, -0.05) is 12.1 Å². The minimum Gasteiger partial charge on any atom is -0.381 e. The van der Waals surface area contributed by atoms with Crippen LogP contribution in [0, 0.1) is 11.6 Å². The van der Waals surface area contributed by atoms with Crippen LogP contribution in [0.25, 0.3) is 0 Å². The minimum atomic E-state index is -0.830. The van der Waals surface area contributed by atoms with Crippen LogP contribution >= 0.6 is 0 Å². The van der Waals surface area contributed by atoms with E-state index in [1.165, 1.54) is 24.4 Å². The second kappa shape index (κ2) is 6.30. The Labute approximate surface area is 121 Å². The largest absolute Gasteiger partial charge is 0.381 e. The number of amides is 1. The van der Waals surface area contributed by atoms with Gasteiger partial charge in [-0.15, -0.1) is 0 Å². The van der Waals surface area contributed by atoms with Gasteiger partial charge < -0.3 is 11.1 Å².